The molecule has 0 aromatic heterocycles. The minimum absolute atomic E-state index is 0.0371. The van der Waals surface area contributed by atoms with E-state index in [-0.39, 0.29) is 11.2 Å². The summed E-state index contributed by atoms with van der Waals surface area (Å²) < 4.78 is 0. The predicted octanol–water partition coefficient (Wildman–Crippen LogP) is 5.48. The highest BCUT2D eigenvalue weighted by Gasteiger charge is 2.22. The molecule has 0 bridgehead atoms. The van der Waals surface area contributed by atoms with Crippen molar-refractivity contribution < 1.29 is 4.79 Å². The minimum Gasteiger partial charge on any atom is -0.345 e. The van der Waals surface area contributed by atoms with E-state index in [1.54, 1.807) is 11.8 Å². The molecule has 1 unspecified atom stereocenters. The number of benzene rings is 2. The lowest BCUT2D eigenvalue weighted by molar-refractivity contribution is -0.129. The lowest BCUT2D eigenvalue weighted by Gasteiger charge is -2.23. The second-order valence-corrected chi connectivity index (χ2v) is 8.67. The first-order chi connectivity index (χ1) is 12.7. The SMILES string of the molecule is CCCN(C)C(=O)C(CCSCc1ccccc1)SCc1ccccc1. The number of hydrogen-bond donors (Lipinski definition) is 0. The van der Waals surface area contributed by atoms with Crippen LogP contribution in [0.4, 0.5) is 0 Å². The van der Waals surface area contributed by atoms with E-state index in [0.29, 0.717) is 0 Å². The fraction of sp³-hybridized carbons (Fsp3) is 0.409. The first-order valence-electron chi connectivity index (χ1n) is 9.23. The second kappa shape index (κ2) is 12.1. The van der Waals surface area contributed by atoms with Gasteiger partial charge in [0, 0.05) is 25.1 Å². The van der Waals surface area contributed by atoms with Gasteiger partial charge in [-0.2, -0.15) is 11.8 Å². The van der Waals surface area contributed by atoms with E-state index in [1.165, 1.54) is 11.1 Å². The fourth-order valence-electron chi connectivity index (χ4n) is 2.70. The molecule has 2 rings (SSSR count). The van der Waals surface area contributed by atoms with E-state index < -0.39 is 0 Å². The van der Waals surface area contributed by atoms with Gasteiger partial charge in [-0.3, -0.25) is 4.79 Å². The van der Waals surface area contributed by atoms with E-state index in [2.05, 4.69) is 55.5 Å². The molecular formula is C22H29NOS2. The summed E-state index contributed by atoms with van der Waals surface area (Å²) in [6.45, 7) is 2.95. The Kier molecular flexibility index (Phi) is 9.72. The van der Waals surface area contributed by atoms with Crippen LogP contribution in [0.1, 0.15) is 30.9 Å². The molecule has 0 saturated carbocycles. The summed E-state index contributed by atoms with van der Waals surface area (Å²) in [6, 6.07) is 21.0. The van der Waals surface area contributed by atoms with Crippen LogP contribution in [-0.4, -0.2) is 35.4 Å². The Morgan fingerprint density at radius 1 is 0.962 bits per heavy atom. The molecule has 0 aliphatic rings. The van der Waals surface area contributed by atoms with Crippen molar-refractivity contribution in [3.8, 4) is 0 Å². The molecule has 0 aliphatic carbocycles. The zero-order valence-electron chi connectivity index (χ0n) is 15.8. The minimum atomic E-state index is 0.0371. The zero-order valence-corrected chi connectivity index (χ0v) is 17.4. The molecule has 0 aliphatic heterocycles. The molecule has 26 heavy (non-hydrogen) atoms. The molecule has 2 nitrogen and oxygen atoms in total. The van der Waals surface area contributed by atoms with Crippen molar-refractivity contribution in [3.05, 3.63) is 71.8 Å². The Morgan fingerprint density at radius 2 is 1.54 bits per heavy atom. The van der Waals surface area contributed by atoms with Crippen LogP contribution in [0.3, 0.4) is 0 Å². The molecule has 0 spiro atoms. The number of carbonyl (C=O) groups is 1. The first kappa shape index (κ1) is 20.9. The lowest BCUT2D eigenvalue weighted by atomic mass is 10.2. The predicted molar refractivity (Wildman–Crippen MR) is 117 cm³/mol. The summed E-state index contributed by atoms with van der Waals surface area (Å²) in [5, 5.41) is 0.0371. The Hall–Kier alpha value is -1.39. The average molecular weight is 388 g/mol. The van der Waals surface area contributed by atoms with Gasteiger partial charge in [0.1, 0.15) is 0 Å². The van der Waals surface area contributed by atoms with Crippen LogP contribution in [0.2, 0.25) is 0 Å². The molecule has 0 radical (unpaired) electrons. The molecule has 1 amide bonds. The summed E-state index contributed by atoms with van der Waals surface area (Å²) >= 11 is 3.69. The summed E-state index contributed by atoms with van der Waals surface area (Å²) in [4.78, 5) is 14.7. The quantitative estimate of drug-likeness (QED) is 0.476. The average Bonchev–Trinajstić information content (AvgIpc) is 2.68. The van der Waals surface area contributed by atoms with Crippen molar-refractivity contribution in [2.24, 2.45) is 0 Å². The van der Waals surface area contributed by atoms with Gasteiger partial charge in [0.2, 0.25) is 5.91 Å². The molecule has 2 aromatic rings. The van der Waals surface area contributed by atoms with Crippen molar-refractivity contribution in [1.29, 1.82) is 0 Å². The maximum atomic E-state index is 12.8. The van der Waals surface area contributed by atoms with E-state index in [0.717, 1.165) is 36.6 Å². The van der Waals surface area contributed by atoms with Crippen LogP contribution in [0, 0.1) is 0 Å². The van der Waals surface area contributed by atoms with Crippen LogP contribution in [0.25, 0.3) is 0 Å². The lowest BCUT2D eigenvalue weighted by Crippen LogP contribution is -2.35. The van der Waals surface area contributed by atoms with Gasteiger partial charge in [-0.1, -0.05) is 67.6 Å². The van der Waals surface area contributed by atoms with E-state index in [1.807, 2.05) is 35.8 Å². The van der Waals surface area contributed by atoms with E-state index in [9.17, 15) is 4.79 Å². The van der Waals surface area contributed by atoms with E-state index >= 15 is 0 Å². The molecule has 2 aromatic carbocycles. The van der Waals surface area contributed by atoms with Gasteiger partial charge in [-0.15, -0.1) is 11.8 Å². The molecule has 4 heteroatoms. The number of amides is 1. The van der Waals surface area contributed by atoms with Crippen LogP contribution in [0.5, 0.6) is 0 Å². The Labute approximate surface area is 166 Å². The highest BCUT2D eigenvalue weighted by molar-refractivity contribution is 8.00. The highest BCUT2D eigenvalue weighted by Crippen LogP contribution is 2.25. The topological polar surface area (TPSA) is 20.3 Å². The number of rotatable bonds is 11. The summed E-state index contributed by atoms with van der Waals surface area (Å²) in [5.41, 5.74) is 2.63. The molecule has 140 valence electrons. The largest absolute Gasteiger partial charge is 0.345 e. The number of thioether (sulfide) groups is 2. The third-order valence-electron chi connectivity index (χ3n) is 4.14. The standard InChI is InChI=1S/C22H29NOS2/c1-3-15-23(2)22(24)21(26-18-20-12-8-5-9-13-20)14-16-25-17-19-10-6-4-7-11-19/h4-13,21H,3,14-18H2,1-2H3. The molecular weight excluding hydrogens is 358 g/mol. The Balaban J connectivity index is 1.85. The molecule has 0 heterocycles. The monoisotopic (exact) mass is 387 g/mol. The Morgan fingerprint density at radius 3 is 2.12 bits per heavy atom. The van der Waals surface area contributed by atoms with Gasteiger partial charge in [0.15, 0.2) is 0 Å². The van der Waals surface area contributed by atoms with Crippen molar-refractivity contribution in [3.63, 3.8) is 0 Å². The zero-order chi connectivity index (χ0) is 18.6. The third-order valence-corrected chi connectivity index (χ3v) is 6.54. The summed E-state index contributed by atoms with van der Waals surface area (Å²) in [6.07, 6.45) is 1.92. The van der Waals surface area contributed by atoms with Crippen molar-refractivity contribution in [2.75, 3.05) is 19.3 Å². The van der Waals surface area contributed by atoms with Crippen LogP contribution in [0.15, 0.2) is 60.7 Å². The van der Waals surface area contributed by atoms with Crippen molar-refractivity contribution in [2.45, 2.75) is 36.5 Å². The van der Waals surface area contributed by atoms with E-state index in [4.69, 9.17) is 0 Å². The third kappa shape index (κ3) is 7.46. The molecule has 0 N–H and O–H groups in total. The van der Waals surface area contributed by atoms with Gasteiger partial charge in [0.05, 0.1) is 5.25 Å². The molecule has 0 saturated heterocycles. The van der Waals surface area contributed by atoms with Gasteiger partial charge < -0.3 is 4.90 Å². The van der Waals surface area contributed by atoms with Crippen molar-refractivity contribution in [1.82, 2.24) is 4.90 Å². The smallest absolute Gasteiger partial charge is 0.235 e. The summed E-state index contributed by atoms with van der Waals surface area (Å²) in [5.74, 6) is 3.18. The molecule has 1 atom stereocenters. The van der Waals surface area contributed by atoms with Gasteiger partial charge in [-0.05, 0) is 29.7 Å². The van der Waals surface area contributed by atoms with Gasteiger partial charge in [-0.25, -0.2) is 0 Å². The maximum absolute atomic E-state index is 12.8. The normalized spacial score (nSPS) is 11.9. The maximum Gasteiger partial charge on any atom is 0.235 e. The first-order valence-corrected chi connectivity index (χ1v) is 11.4. The van der Waals surface area contributed by atoms with Crippen molar-refractivity contribution >= 4 is 29.4 Å². The highest BCUT2D eigenvalue weighted by atomic mass is 32.2. The van der Waals surface area contributed by atoms with Crippen LogP contribution < -0.4 is 0 Å². The second-order valence-electron chi connectivity index (χ2n) is 6.37. The van der Waals surface area contributed by atoms with Crippen LogP contribution in [-0.2, 0) is 16.3 Å². The Bertz CT molecular complexity index is 633. The molecule has 0 fully saturated rings. The fourth-order valence-corrected chi connectivity index (χ4v) is 5.01. The number of hydrogen-bond acceptors (Lipinski definition) is 3. The number of nitrogens with zero attached hydrogens (tertiary/aromatic N) is 1. The summed E-state index contributed by atoms with van der Waals surface area (Å²) in [7, 11) is 1.93. The number of carbonyl (C=O) groups excluding carboxylic acids is 1. The van der Waals surface area contributed by atoms with Gasteiger partial charge in [0.25, 0.3) is 0 Å². The van der Waals surface area contributed by atoms with Gasteiger partial charge >= 0.3 is 0 Å². The van der Waals surface area contributed by atoms with Crippen LogP contribution >= 0.6 is 23.5 Å².